The lowest BCUT2D eigenvalue weighted by Crippen LogP contribution is -2.52. The van der Waals surface area contributed by atoms with Crippen LogP contribution >= 0.6 is 0 Å². The number of hydrogen-bond donors (Lipinski definition) is 1. The van der Waals surface area contributed by atoms with Crippen LogP contribution in [0.2, 0.25) is 0 Å². The maximum Gasteiger partial charge on any atom is 0.216 e. The van der Waals surface area contributed by atoms with E-state index in [-0.39, 0.29) is 18.4 Å². The largest absolute Gasteiger partial charge is 0.395 e. The number of hydrogen-bond acceptors (Lipinski definition) is 5. The molecule has 1 unspecified atom stereocenters. The Labute approximate surface area is 144 Å². The summed E-state index contributed by atoms with van der Waals surface area (Å²) in [6.45, 7) is 7.50. The zero-order chi connectivity index (χ0) is 17.2. The highest BCUT2D eigenvalue weighted by molar-refractivity contribution is 7.89. The molecule has 3 rings (SSSR count). The minimum absolute atomic E-state index is 0.0803. The Morgan fingerprint density at radius 1 is 1.12 bits per heavy atom. The Morgan fingerprint density at radius 2 is 1.79 bits per heavy atom. The van der Waals surface area contributed by atoms with Crippen LogP contribution in [0.25, 0.3) is 0 Å². The predicted molar refractivity (Wildman–Crippen MR) is 94.3 cm³/mol. The van der Waals surface area contributed by atoms with Gasteiger partial charge in [-0.1, -0.05) is 29.8 Å². The molecule has 2 fully saturated rings. The molecule has 0 saturated carbocycles. The summed E-state index contributed by atoms with van der Waals surface area (Å²) in [5, 5.41) is 9.02. The molecule has 0 bridgehead atoms. The molecule has 1 N–H and O–H groups in total. The number of aliphatic hydroxyl groups excluding tert-OH is 1. The van der Waals surface area contributed by atoms with Crippen molar-refractivity contribution in [3.63, 3.8) is 0 Å². The van der Waals surface area contributed by atoms with Crippen LogP contribution in [0.1, 0.15) is 11.1 Å². The minimum atomic E-state index is -3.18. The van der Waals surface area contributed by atoms with E-state index in [0.29, 0.717) is 19.6 Å². The Hall–Kier alpha value is -0.990. The number of sulfonamides is 1. The first kappa shape index (κ1) is 17.8. The molecule has 1 atom stereocenters. The van der Waals surface area contributed by atoms with Gasteiger partial charge in [0.15, 0.2) is 0 Å². The van der Waals surface area contributed by atoms with Gasteiger partial charge in [0.1, 0.15) is 0 Å². The van der Waals surface area contributed by atoms with Crippen molar-refractivity contribution in [2.24, 2.45) is 0 Å². The number of piperazine rings is 1. The molecule has 0 aromatic heterocycles. The normalized spacial score (nSPS) is 26.0. The molecule has 1 aromatic rings. The Bertz CT molecular complexity index is 640. The topological polar surface area (TPSA) is 64.1 Å². The minimum Gasteiger partial charge on any atom is -0.395 e. The van der Waals surface area contributed by atoms with Crippen LogP contribution in [0.4, 0.5) is 0 Å². The monoisotopic (exact) mass is 353 g/mol. The summed E-state index contributed by atoms with van der Waals surface area (Å²) in [6.07, 6.45) is 0. The molecule has 2 heterocycles. The van der Waals surface area contributed by atoms with Gasteiger partial charge in [0.05, 0.1) is 12.4 Å². The number of aliphatic hydroxyl groups is 1. The number of β-amino-alcohol motifs (C(OH)–C–C–N with tert-alkyl or cyclic N) is 1. The molecule has 2 aliphatic rings. The van der Waals surface area contributed by atoms with E-state index in [1.54, 1.807) is 4.31 Å². The van der Waals surface area contributed by atoms with Gasteiger partial charge in [0.2, 0.25) is 10.0 Å². The quantitative estimate of drug-likeness (QED) is 0.815. The molecule has 7 heteroatoms. The summed E-state index contributed by atoms with van der Waals surface area (Å²) in [7, 11) is -3.18. The standard InChI is InChI=1S/C17H27N3O3S/c1-15-2-4-16(5-3-15)12-20-13-17(14-24(20,22)23)19-8-6-18(7-9-19)10-11-21/h2-5,17,21H,6-14H2,1H3. The number of aryl methyl sites for hydroxylation is 1. The molecule has 1 aromatic carbocycles. The third-order valence-corrected chi connectivity index (χ3v) is 6.90. The molecular weight excluding hydrogens is 326 g/mol. The molecule has 0 spiro atoms. The molecule has 0 amide bonds. The van der Waals surface area contributed by atoms with Gasteiger partial charge < -0.3 is 5.11 Å². The third kappa shape index (κ3) is 4.15. The number of nitrogens with zero attached hydrogens (tertiary/aromatic N) is 3. The van der Waals surface area contributed by atoms with Crippen LogP contribution in [0.3, 0.4) is 0 Å². The lowest BCUT2D eigenvalue weighted by Gasteiger charge is -2.37. The molecule has 2 aliphatic heterocycles. The van der Waals surface area contributed by atoms with Crippen molar-refractivity contribution in [2.75, 3.05) is 51.6 Å². The van der Waals surface area contributed by atoms with Crippen molar-refractivity contribution >= 4 is 10.0 Å². The van der Waals surface area contributed by atoms with Gasteiger partial charge in [-0.05, 0) is 12.5 Å². The van der Waals surface area contributed by atoms with Gasteiger partial charge in [-0.2, -0.15) is 4.31 Å². The van der Waals surface area contributed by atoms with Gasteiger partial charge in [0, 0.05) is 51.9 Å². The second-order valence-corrected chi connectivity index (χ2v) is 8.83. The van der Waals surface area contributed by atoms with Gasteiger partial charge in [-0.3, -0.25) is 9.80 Å². The van der Waals surface area contributed by atoms with E-state index in [1.807, 2.05) is 31.2 Å². The Kier molecular flexibility index (Phi) is 5.56. The SMILES string of the molecule is Cc1ccc(CN2CC(N3CCN(CCO)CC3)CS2(=O)=O)cc1. The highest BCUT2D eigenvalue weighted by Gasteiger charge is 2.39. The van der Waals surface area contributed by atoms with Crippen LogP contribution < -0.4 is 0 Å². The zero-order valence-electron chi connectivity index (χ0n) is 14.3. The summed E-state index contributed by atoms with van der Waals surface area (Å²) >= 11 is 0. The molecule has 0 aliphatic carbocycles. The zero-order valence-corrected chi connectivity index (χ0v) is 15.1. The van der Waals surface area contributed by atoms with Gasteiger partial charge >= 0.3 is 0 Å². The van der Waals surface area contributed by atoms with E-state index in [0.717, 1.165) is 31.7 Å². The van der Waals surface area contributed by atoms with E-state index in [4.69, 9.17) is 5.11 Å². The summed E-state index contributed by atoms with van der Waals surface area (Å²) in [4.78, 5) is 4.52. The average molecular weight is 353 g/mol. The van der Waals surface area contributed by atoms with E-state index in [1.165, 1.54) is 5.56 Å². The third-order valence-electron chi connectivity index (χ3n) is 5.03. The van der Waals surface area contributed by atoms with Gasteiger partial charge in [-0.25, -0.2) is 8.42 Å². The van der Waals surface area contributed by atoms with E-state index in [9.17, 15) is 8.42 Å². The van der Waals surface area contributed by atoms with E-state index < -0.39 is 10.0 Å². The van der Waals surface area contributed by atoms with Crippen LogP contribution in [-0.4, -0.2) is 85.3 Å². The molecule has 0 radical (unpaired) electrons. The van der Waals surface area contributed by atoms with E-state index >= 15 is 0 Å². The second kappa shape index (κ2) is 7.49. The van der Waals surface area contributed by atoms with Crippen molar-refractivity contribution < 1.29 is 13.5 Å². The van der Waals surface area contributed by atoms with Crippen LogP contribution in [0.5, 0.6) is 0 Å². The van der Waals surface area contributed by atoms with Crippen LogP contribution in [-0.2, 0) is 16.6 Å². The molecular formula is C17H27N3O3S. The van der Waals surface area contributed by atoms with Crippen LogP contribution in [0, 0.1) is 6.92 Å². The summed E-state index contributed by atoms with van der Waals surface area (Å²) in [6, 6.07) is 8.14. The first-order valence-corrected chi connectivity index (χ1v) is 10.2. The van der Waals surface area contributed by atoms with Gasteiger partial charge in [0.25, 0.3) is 0 Å². The van der Waals surface area contributed by atoms with Gasteiger partial charge in [-0.15, -0.1) is 0 Å². The van der Waals surface area contributed by atoms with Crippen molar-refractivity contribution in [1.82, 2.24) is 14.1 Å². The molecule has 134 valence electrons. The highest BCUT2D eigenvalue weighted by Crippen LogP contribution is 2.22. The lowest BCUT2D eigenvalue weighted by molar-refractivity contribution is 0.0880. The summed E-state index contributed by atoms with van der Waals surface area (Å²) < 4.78 is 26.6. The predicted octanol–water partition coefficient (Wildman–Crippen LogP) is 0.119. The molecule has 6 nitrogen and oxygen atoms in total. The Morgan fingerprint density at radius 3 is 2.42 bits per heavy atom. The number of benzene rings is 1. The maximum absolute atomic E-state index is 12.5. The Balaban J connectivity index is 1.60. The smallest absolute Gasteiger partial charge is 0.216 e. The fourth-order valence-corrected chi connectivity index (χ4v) is 5.28. The lowest BCUT2D eigenvalue weighted by atomic mass is 10.1. The van der Waals surface area contributed by atoms with Crippen molar-refractivity contribution in [3.05, 3.63) is 35.4 Å². The highest BCUT2D eigenvalue weighted by atomic mass is 32.2. The van der Waals surface area contributed by atoms with Crippen molar-refractivity contribution in [3.8, 4) is 0 Å². The molecule has 2 saturated heterocycles. The summed E-state index contributed by atoms with van der Waals surface area (Å²) in [5.74, 6) is 0.221. The van der Waals surface area contributed by atoms with Crippen molar-refractivity contribution in [2.45, 2.75) is 19.5 Å². The average Bonchev–Trinajstić information content (AvgIpc) is 2.85. The second-order valence-electron chi connectivity index (χ2n) is 6.81. The van der Waals surface area contributed by atoms with Crippen LogP contribution in [0.15, 0.2) is 24.3 Å². The maximum atomic E-state index is 12.5. The number of rotatable bonds is 5. The fraction of sp³-hybridized carbons (Fsp3) is 0.647. The van der Waals surface area contributed by atoms with E-state index in [2.05, 4.69) is 9.80 Å². The summed E-state index contributed by atoms with van der Waals surface area (Å²) in [5.41, 5.74) is 2.22. The van der Waals surface area contributed by atoms with Crippen molar-refractivity contribution in [1.29, 1.82) is 0 Å². The first-order valence-electron chi connectivity index (χ1n) is 8.58. The fourth-order valence-electron chi connectivity index (χ4n) is 3.52. The first-order chi connectivity index (χ1) is 11.5. The molecule has 24 heavy (non-hydrogen) atoms.